The van der Waals surface area contributed by atoms with Gasteiger partial charge in [0.1, 0.15) is 0 Å². The minimum atomic E-state index is -0.405. The Morgan fingerprint density at radius 2 is 1.75 bits per heavy atom. The maximum atomic E-state index is 11.5. The van der Waals surface area contributed by atoms with Gasteiger partial charge in [0, 0.05) is 11.8 Å². The Balaban J connectivity index is 2.74. The molecule has 0 radical (unpaired) electrons. The topological polar surface area (TPSA) is 34.1 Å². The zero-order chi connectivity index (χ0) is 9.19. The molecule has 0 aliphatic heterocycles. The van der Waals surface area contributed by atoms with E-state index in [1.165, 1.54) is 0 Å². The Morgan fingerprint density at radius 3 is 2.42 bits per heavy atom. The first-order valence-electron chi connectivity index (χ1n) is 4.62. The highest BCUT2D eigenvalue weighted by Crippen LogP contribution is 2.28. The van der Waals surface area contributed by atoms with Crippen LogP contribution in [-0.4, -0.2) is 11.6 Å². The molecule has 0 N–H and O–H groups in total. The molecular formula is C10H16O2. The van der Waals surface area contributed by atoms with Gasteiger partial charge in [0.25, 0.3) is 0 Å². The van der Waals surface area contributed by atoms with E-state index in [-0.39, 0.29) is 11.6 Å². The van der Waals surface area contributed by atoms with Gasteiger partial charge in [-0.05, 0) is 12.8 Å². The van der Waals surface area contributed by atoms with Crippen molar-refractivity contribution >= 4 is 11.6 Å². The summed E-state index contributed by atoms with van der Waals surface area (Å²) in [6, 6.07) is 0. The van der Waals surface area contributed by atoms with Gasteiger partial charge in [0.2, 0.25) is 5.78 Å². The molecule has 0 heterocycles. The molecule has 2 nitrogen and oxygen atoms in total. The van der Waals surface area contributed by atoms with Crippen molar-refractivity contribution in [1.82, 2.24) is 0 Å². The van der Waals surface area contributed by atoms with Gasteiger partial charge in [0.05, 0.1) is 0 Å². The second kappa shape index (κ2) is 3.38. The minimum absolute atomic E-state index is 0.165. The van der Waals surface area contributed by atoms with E-state index in [0.29, 0.717) is 6.42 Å². The molecule has 0 aromatic rings. The van der Waals surface area contributed by atoms with Crippen LogP contribution >= 0.6 is 0 Å². The molecule has 0 aromatic heterocycles. The lowest BCUT2D eigenvalue weighted by atomic mass is 9.78. The van der Waals surface area contributed by atoms with E-state index < -0.39 is 5.41 Å². The quantitative estimate of drug-likeness (QED) is 0.519. The van der Waals surface area contributed by atoms with Gasteiger partial charge in [-0.25, -0.2) is 0 Å². The van der Waals surface area contributed by atoms with E-state index in [9.17, 15) is 9.59 Å². The van der Waals surface area contributed by atoms with Crippen LogP contribution in [0.4, 0.5) is 0 Å². The van der Waals surface area contributed by atoms with Crippen molar-refractivity contribution in [2.45, 2.75) is 46.0 Å². The monoisotopic (exact) mass is 168 g/mol. The van der Waals surface area contributed by atoms with Gasteiger partial charge in [-0.3, -0.25) is 9.59 Å². The minimum Gasteiger partial charge on any atom is -0.291 e. The van der Waals surface area contributed by atoms with E-state index in [2.05, 4.69) is 0 Å². The molecule has 1 saturated carbocycles. The van der Waals surface area contributed by atoms with Crippen LogP contribution in [0.5, 0.6) is 0 Å². The molecule has 0 amide bonds. The smallest absolute Gasteiger partial charge is 0.203 e. The average molecular weight is 168 g/mol. The van der Waals surface area contributed by atoms with E-state index in [4.69, 9.17) is 0 Å². The molecule has 0 bridgehead atoms. The number of Topliss-reactive ketones (excluding diaryl/α,β-unsaturated/α-hetero) is 2. The summed E-state index contributed by atoms with van der Waals surface area (Å²) >= 11 is 0. The summed E-state index contributed by atoms with van der Waals surface area (Å²) < 4.78 is 0. The number of rotatable bonds is 0. The van der Waals surface area contributed by atoms with Crippen LogP contribution in [0.3, 0.4) is 0 Å². The molecule has 0 spiro atoms. The maximum Gasteiger partial charge on any atom is 0.203 e. The molecule has 1 aliphatic rings. The fourth-order valence-electron chi connectivity index (χ4n) is 1.63. The van der Waals surface area contributed by atoms with Crippen molar-refractivity contribution in [1.29, 1.82) is 0 Å². The molecule has 12 heavy (non-hydrogen) atoms. The summed E-state index contributed by atoms with van der Waals surface area (Å²) in [5, 5.41) is 0. The van der Waals surface area contributed by atoms with Crippen LogP contribution in [0, 0.1) is 5.41 Å². The lowest BCUT2D eigenvalue weighted by Crippen LogP contribution is -2.32. The maximum absolute atomic E-state index is 11.5. The van der Waals surface area contributed by atoms with E-state index in [1.807, 2.05) is 13.8 Å². The number of carbonyl (C=O) groups excluding carboxylic acids is 2. The first-order chi connectivity index (χ1) is 5.54. The number of hydrogen-bond acceptors (Lipinski definition) is 2. The zero-order valence-electron chi connectivity index (χ0n) is 7.85. The second-order valence-corrected chi connectivity index (χ2v) is 4.20. The molecule has 68 valence electrons. The highest BCUT2D eigenvalue weighted by atomic mass is 16.2. The molecule has 1 rings (SSSR count). The molecular weight excluding hydrogens is 152 g/mol. The van der Waals surface area contributed by atoms with Gasteiger partial charge >= 0.3 is 0 Å². The standard InChI is InChI=1S/C10H16O2/c1-10(2)7-5-3-4-6-8(11)9(10)12/h3-7H2,1-2H3. The third kappa shape index (κ3) is 1.93. The van der Waals surface area contributed by atoms with Crippen LogP contribution in [0.2, 0.25) is 0 Å². The van der Waals surface area contributed by atoms with E-state index in [0.717, 1.165) is 25.7 Å². The van der Waals surface area contributed by atoms with Crippen molar-refractivity contribution in [2.75, 3.05) is 0 Å². The lowest BCUT2D eigenvalue weighted by Gasteiger charge is -2.23. The Hall–Kier alpha value is -0.660. The second-order valence-electron chi connectivity index (χ2n) is 4.20. The van der Waals surface area contributed by atoms with Crippen molar-refractivity contribution in [3.05, 3.63) is 0 Å². The highest BCUT2D eigenvalue weighted by Gasteiger charge is 2.32. The normalized spacial score (nSPS) is 24.8. The molecule has 0 saturated heterocycles. The Morgan fingerprint density at radius 1 is 1.08 bits per heavy atom. The Bertz CT molecular complexity index is 204. The number of hydrogen-bond donors (Lipinski definition) is 0. The SMILES string of the molecule is CC1(C)CCCCCC(=O)C1=O. The molecule has 1 aliphatic carbocycles. The lowest BCUT2D eigenvalue weighted by molar-refractivity contribution is -0.142. The van der Waals surface area contributed by atoms with Gasteiger partial charge in [-0.2, -0.15) is 0 Å². The Labute approximate surface area is 73.3 Å². The predicted octanol–water partition coefficient (Wildman–Crippen LogP) is 2.11. The summed E-state index contributed by atoms with van der Waals surface area (Å²) in [6.45, 7) is 3.75. The summed E-state index contributed by atoms with van der Waals surface area (Å²) in [7, 11) is 0. The summed E-state index contributed by atoms with van der Waals surface area (Å²) in [4.78, 5) is 22.7. The fourth-order valence-corrected chi connectivity index (χ4v) is 1.63. The van der Waals surface area contributed by atoms with Crippen LogP contribution in [0.15, 0.2) is 0 Å². The average Bonchev–Trinajstić information content (AvgIpc) is 2.00. The van der Waals surface area contributed by atoms with Crippen LogP contribution < -0.4 is 0 Å². The predicted molar refractivity (Wildman–Crippen MR) is 46.9 cm³/mol. The zero-order valence-corrected chi connectivity index (χ0v) is 7.85. The largest absolute Gasteiger partial charge is 0.291 e. The first kappa shape index (κ1) is 9.43. The van der Waals surface area contributed by atoms with Gasteiger partial charge < -0.3 is 0 Å². The molecule has 0 aromatic carbocycles. The van der Waals surface area contributed by atoms with Crippen LogP contribution in [0.25, 0.3) is 0 Å². The third-order valence-corrected chi connectivity index (χ3v) is 2.57. The molecule has 1 fully saturated rings. The van der Waals surface area contributed by atoms with Crippen molar-refractivity contribution < 1.29 is 9.59 Å². The van der Waals surface area contributed by atoms with Crippen molar-refractivity contribution in [3.63, 3.8) is 0 Å². The fraction of sp³-hybridized carbons (Fsp3) is 0.800. The van der Waals surface area contributed by atoms with Gasteiger partial charge in [0.15, 0.2) is 5.78 Å². The van der Waals surface area contributed by atoms with Crippen molar-refractivity contribution in [2.24, 2.45) is 5.41 Å². The van der Waals surface area contributed by atoms with Crippen molar-refractivity contribution in [3.8, 4) is 0 Å². The van der Waals surface area contributed by atoms with E-state index in [1.54, 1.807) is 0 Å². The molecule has 0 atom stereocenters. The molecule has 2 heteroatoms. The number of ketones is 2. The first-order valence-corrected chi connectivity index (χ1v) is 4.62. The Kier molecular flexibility index (Phi) is 2.65. The van der Waals surface area contributed by atoms with E-state index >= 15 is 0 Å². The van der Waals surface area contributed by atoms with Gasteiger partial charge in [-0.1, -0.05) is 26.7 Å². The highest BCUT2D eigenvalue weighted by molar-refractivity contribution is 6.39. The molecule has 0 unspecified atom stereocenters. The summed E-state index contributed by atoms with van der Waals surface area (Å²) in [5.74, 6) is -0.332. The van der Waals surface area contributed by atoms with Crippen LogP contribution in [0.1, 0.15) is 46.0 Å². The number of carbonyl (C=O) groups is 2. The summed E-state index contributed by atoms with van der Waals surface area (Å²) in [6.07, 6.45) is 4.37. The van der Waals surface area contributed by atoms with Gasteiger partial charge in [-0.15, -0.1) is 0 Å². The summed E-state index contributed by atoms with van der Waals surface area (Å²) in [5.41, 5.74) is -0.405. The van der Waals surface area contributed by atoms with Crippen LogP contribution in [-0.2, 0) is 9.59 Å². The third-order valence-electron chi connectivity index (χ3n) is 2.57.